The largest absolute Gasteiger partial charge is 0.484 e. The molecule has 10 heteroatoms. The quantitative estimate of drug-likeness (QED) is 0.268. The van der Waals surface area contributed by atoms with Crippen LogP contribution in [0, 0.1) is 5.92 Å². The zero-order valence-electron chi connectivity index (χ0n) is 24.4. The number of hydrogen-bond acceptors (Lipinski definition) is 7. The molecule has 4 aromatic rings. The third kappa shape index (κ3) is 6.37. The first-order chi connectivity index (χ1) is 19.5. The fraction of sp³-hybridized carbons (Fsp3) is 0.419. The SMILES string of the molecule is CC(=O)c1nc(NC(=O)N[C@H]2CC[C@@H](Oc3ccc4nnc(CC(C)C)n4c3)c3ccccc32)cc(C(C)(C)C)n1. The number of ether oxygens (including phenoxy) is 1. The number of pyridine rings is 1. The number of Topliss-reactive ketones (excluding diaryl/α,β-unsaturated/α-hetero) is 1. The number of benzene rings is 1. The molecule has 1 aliphatic carbocycles. The Morgan fingerprint density at radius 1 is 1.05 bits per heavy atom. The van der Waals surface area contributed by atoms with E-state index in [1.54, 1.807) is 6.07 Å². The van der Waals surface area contributed by atoms with Crippen LogP contribution in [0.5, 0.6) is 5.75 Å². The Labute approximate surface area is 240 Å². The van der Waals surface area contributed by atoms with E-state index < -0.39 is 6.03 Å². The molecule has 0 saturated heterocycles. The monoisotopic (exact) mass is 555 g/mol. The molecule has 3 aromatic heterocycles. The highest BCUT2D eigenvalue weighted by Crippen LogP contribution is 2.39. The maximum atomic E-state index is 13.1. The van der Waals surface area contributed by atoms with E-state index in [9.17, 15) is 9.59 Å². The molecule has 3 heterocycles. The number of rotatable bonds is 7. The predicted octanol–water partition coefficient (Wildman–Crippen LogP) is 5.99. The molecule has 1 aromatic carbocycles. The highest BCUT2D eigenvalue weighted by atomic mass is 16.5. The van der Waals surface area contributed by atoms with Crippen molar-refractivity contribution in [3.05, 3.63) is 77.1 Å². The predicted molar refractivity (Wildman–Crippen MR) is 156 cm³/mol. The van der Waals surface area contributed by atoms with Crippen molar-refractivity contribution in [2.75, 3.05) is 5.32 Å². The Balaban J connectivity index is 1.32. The molecule has 0 bridgehead atoms. The molecule has 2 atom stereocenters. The zero-order valence-corrected chi connectivity index (χ0v) is 24.4. The maximum Gasteiger partial charge on any atom is 0.320 e. The second-order valence-corrected chi connectivity index (χ2v) is 12.0. The average Bonchev–Trinajstić information content (AvgIpc) is 3.30. The summed E-state index contributed by atoms with van der Waals surface area (Å²) in [7, 11) is 0. The van der Waals surface area contributed by atoms with Crippen LogP contribution in [0.4, 0.5) is 10.6 Å². The lowest BCUT2D eigenvalue weighted by Gasteiger charge is -2.32. The number of carbonyl (C=O) groups is 2. The van der Waals surface area contributed by atoms with Crippen molar-refractivity contribution >= 4 is 23.3 Å². The van der Waals surface area contributed by atoms with E-state index >= 15 is 0 Å². The highest BCUT2D eigenvalue weighted by molar-refractivity contribution is 5.92. The van der Waals surface area contributed by atoms with E-state index in [4.69, 9.17) is 4.74 Å². The molecule has 41 heavy (non-hydrogen) atoms. The van der Waals surface area contributed by atoms with Gasteiger partial charge in [0.05, 0.1) is 17.9 Å². The van der Waals surface area contributed by atoms with Gasteiger partial charge in [-0.1, -0.05) is 58.9 Å². The minimum absolute atomic E-state index is 0.0803. The van der Waals surface area contributed by atoms with Crippen molar-refractivity contribution in [1.82, 2.24) is 29.9 Å². The van der Waals surface area contributed by atoms with Crippen molar-refractivity contribution in [1.29, 1.82) is 0 Å². The van der Waals surface area contributed by atoms with Gasteiger partial charge in [-0.25, -0.2) is 14.8 Å². The summed E-state index contributed by atoms with van der Waals surface area (Å²) in [5.74, 6) is 2.23. The van der Waals surface area contributed by atoms with E-state index in [0.717, 1.165) is 41.2 Å². The molecule has 214 valence electrons. The van der Waals surface area contributed by atoms with Gasteiger partial charge in [0.15, 0.2) is 17.3 Å². The molecule has 2 amide bonds. The van der Waals surface area contributed by atoms with E-state index in [2.05, 4.69) is 44.6 Å². The number of nitrogens with one attached hydrogen (secondary N) is 2. The van der Waals surface area contributed by atoms with E-state index in [-0.39, 0.29) is 29.2 Å². The van der Waals surface area contributed by atoms with Crippen LogP contribution in [0.1, 0.15) is 99.8 Å². The summed E-state index contributed by atoms with van der Waals surface area (Å²) in [4.78, 5) is 33.7. The molecule has 0 spiro atoms. The Bertz CT molecular complexity index is 1590. The minimum Gasteiger partial charge on any atom is -0.484 e. The van der Waals surface area contributed by atoms with Crippen LogP contribution in [0.3, 0.4) is 0 Å². The number of anilines is 1. The lowest BCUT2D eigenvalue weighted by Crippen LogP contribution is -2.36. The van der Waals surface area contributed by atoms with Crippen LogP contribution in [0.15, 0.2) is 48.7 Å². The van der Waals surface area contributed by atoms with Gasteiger partial charge < -0.3 is 10.1 Å². The van der Waals surface area contributed by atoms with Crippen molar-refractivity contribution in [3.63, 3.8) is 0 Å². The number of fused-ring (bicyclic) bond motifs is 2. The first-order valence-corrected chi connectivity index (χ1v) is 14.0. The summed E-state index contributed by atoms with van der Waals surface area (Å²) in [6, 6.07) is 13.0. The van der Waals surface area contributed by atoms with E-state index in [1.807, 2.05) is 67.8 Å². The minimum atomic E-state index is -0.395. The lowest BCUT2D eigenvalue weighted by molar-refractivity contribution is 0.100. The smallest absolute Gasteiger partial charge is 0.320 e. The number of hydrogen-bond donors (Lipinski definition) is 2. The van der Waals surface area contributed by atoms with Gasteiger partial charge in [-0.2, -0.15) is 0 Å². The molecule has 0 unspecified atom stereocenters. The summed E-state index contributed by atoms with van der Waals surface area (Å²) >= 11 is 0. The van der Waals surface area contributed by atoms with Crippen LogP contribution in [0.25, 0.3) is 5.65 Å². The molecule has 1 aliphatic rings. The molecule has 0 aliphatic heterocycles. The molecule has 0 saturated carbocycles. The topological polar surface area (TPSA) is 123 Å². The van der Waals surface area contributed by atoms with E-state index in [0.29, 0.717) is 23.9 Å². The number of carbonyl (C=O) groups excluding carboxylic acids is 2. The van der Waals surface area contributed by atoms with Crippen LogP contribution in [-0.4, -0.2) is 36.4 Å². The second-order valence-electron chi connectivity index (χ2n) is 12.0. The van der Waals surface area contributed by atoms with Crippen molar-refractivity contribution < 1.29 is 14.3 Å². The highest BCUT2D eigenvalue weighted by Gasteiger charge is 2.30. The second kappa shape index (κ2) is 11.3. The van der Waals surface area contributed by atoms with Gasteiger partial charge in [0.1, 0.15) is 23.5 Å². The van der Waals surface area contributed by atoms with Crippen LogP contribution in [0.2, 0.25) is 0 Å². The Morgan fingerprint density at radius 2 is 1.80 bits per heavy atom. The number of urea groups is 1. The van der Waals surface area contributed by atoms with E-state index in [1.165, 1.54) is 6.92 Å². The van der Waals surface area contributed by atoms with Gasteiger partial charge in [0, 0.05) is 24.8 Å². The molecule has 0 radical (unpaired) electrons. The maximum absolute atomic E-state index is 13.1. The molecule has 10 nitrogen and oxygen atoms in total. The Kier molecular flexibility index (Phi) is 7.75. The molecular weight excluding hydrogens is 518 g/mol. The number of nitrogens with zero attached hydrogens (tertiary/aromatic N) is 5. The summed E-state index contributed by atoms with van der Waals surface area (Å²) in [6.45, 7) is 11.7. The molecular formula is C31H37N7O3. The van der Waals surface area contributed by atoms with Gasteiger partial charge in [-0.05, 0) is 42.0 Å². The fourth-order valence-electron chi connectivity index (χ4n) is 5.04. The normalized spacial score (nSPS) is 16.9. The van der Waals surface area contributed by atoms with Crippen molar-refractivity contribution in [3.8, 4) is 5.75 Å². The van der Waals surface area contributed by atoms with Gasteiger partial charge in [-0.15, -0.1) is 10.2 Å². The summed E-state index contributed by atoms with van der Waals surface area (Å²) < 4.78 is 8.49. The lowest BCUT2D eigenvalue weighted by atomic mass is 9.85. The number of amides is 2. The van der Waals surface area contributed by atoms with Gasteiger partial charge in [0.25, 0.3) is 0 Å². The van der Waals surface area contributed by atoms with Crippen molar-refractivity contribution in [2.45, 2.75) is 78.4 Å². The zero-order chi connectivity index (χ0) is 29.3. The molecule has 5 rings (SSSR count). The Morgan fingerprint density at radius 3 is 2.51 bits per heavy atom. The van der Waals surface area contributed by atoms with Gasteiger partial charge in [0.2, 0.25) is 0 Å². The van der Waals surface area contributed by atoms with Crippen molar-refractivity contribution in [2.24, 2.45) is 5.92 Å². The third-order valence-electron chi connectivity index (χ3n) is 7.11. The first kappa shape index (κ1) is 28.2. The number of ketones is 1. The molecule has 2 N–H and O–H groups in total. The Hall–Kier alpha value is -4.34. The summed E-state index contributed by atoms with van der Waals surface area (Å²) in [5, 5.41) is 14.5. The fourth-order valence-corrected chi connectivity index (χ4v) is 5.04. The first-order valence-electron chi connectivity index (χ1n) is 14.0. The van der Waals surface area contributed by atoms with Crippen LogP contribution >= 0.6 is 0 Å². The summed E-state index contributed by atoms with van der Waals surface area (Å²) in [6.07, 6.45) is 4.03. The third-order valence-corrected chi connectivity index (χ3v) is 7.11. The van der Waals surface area contributed by atoms with Crippen LogP contribution in [-0.2, 0) is 11.8 Å². The average molecular weight is 556 g/mol. The van der Waals surface area contributed by atoms with Gasteiger partial charge >= 0.3 is 6.03 Å². The standard InChI is InChI=1S/C31H37N7O3/c1-18(2)15-28-37-36-27-14-11-20(17-38(27)28)41-24-13-12-23(21-9-7-8-10-22(21)24)32-30(40)35-26-16-25(31(4,5)6)33-29(34-26)19(3)39/h7-11,14,16-18,23-24H,12-13,15H2,1-6H3,(H2,32,33,34,35,40)/t23-,24+/m0/s1. The number of aromatic nitrogens is 5. The molecule has 0 fully saturated rings. The summed E-state index contributed by atoms with van der Waals surface area (Å²) in [5.41, 5.74) is 3.20. The van der Waals surface area contributed by atoms with Gasteiger partial charge in [-0.3, -0.25) is 14.5 Å². The van der Waals surface area contributed by atoms with Crippen LogP contribution < -0.4 is 15.4 Å².